The van der Waals surface area contributed by atoms with Crippen molar-refractivity contribution in [1.29, 1.82) is 0 Å². The lowest BCUT2D eigenvalue weighted by Gasteiger charge is -2.05. The van der Waals surface area contributed by atoms with Crippen molar-refractivity contribution in [3.8, 4) is 0 Å². The van der Waals surface area contributed by atoms with Gasteiger partial charge in [-0.3, -0.25) is 4.79 Å². The topological polar surface area (TPSA) is 66.4 Å². The van der Waals surface area contributed by atoms with E-state index in [1.807, 2.05) is 0 Å². The van der Waals surface area contributed by atoms with Crippen molar-refractivity contribution in [2.24, 2.45) is 0 Å². The molecule has 0 fully saturated rings. The van der Waals surface area contributed by atoms with Crippen LogP contribution in [0.4, 0.5) is 0 Å². The van der Waals surface area contributed by atoms with Crippen LogP contribution in [0.15, 0.2) is 0 Å². The zero-order valence-electron chi connectivity index (χ0n) is 7.83. The van der Waals surface area contributed by atoms with Gasteiger partial charge in [-0.1, -0.05) is 27.2 Å². The number of nitrogens with one attached hydrogen (secondary N) is 1. The van der Waals surface area contributed by atoms with Crippen molar-refractivity contribution in [2.75, 3.05) is 0 Å². The molecule has 72 valence electrons. The van der Waals surface area contributed by atoms with Crippen LogP contribution in [0.25, 0.3) is 0 Å². The number of amides is 1. The molecule has 1 atom stereocenters. The van der Waals surface area contributed by atoms with Gasteiger partial charge in [0.15, 0.2) is 0 Å². The summed E-state index contributed by atoms with van der Waals surface area (Å²) in [5.74, 6) is -0.996. The Hall–Kier alpha value is -1.06. The van der Waals surface area contributed by atoms with Crippen LogP contribution in [0.2, 0.25) is 0 Å². The van der Waals surface area contributed by atoms with Crippen molar-refractivity contribution in [3.05, 3.63) is 0 Å². The highest BCUT2D eigenvalue weighted by molar-refractivity contribution is 5.75. The fourth-order valence-corrected chi connectivity index (χ4v) is 0.446. The van der Waals surface area contributed by atoms with Crippen LogP contribution in [-0.2, 0) is 9.59 Å². The summed E-state index contributed by atoms with van der Waals surface area (Å²) in [6.07, 6.45) is 2.05. The fraction of sp³-hybridized carbons (Fsp3) is 0.750. The molecule has 12 heavy (non-hydrogen) atoms. The van der Waals surface area contributed by atoms with E-state index in [0.29, 0.717) is 12.8 Å². The summed E-state index contributed by atoms with van der Waals surface area (Å²) < 4.78 is 0. The first-order chi connectivity index (χ1) is 5.63. The summed E-state index contributed by atoms with van der Waals surface area (Å²) >= 11 is 0. The molecule has 0 aromatic heterocycles. The van der Waals surface area contributed by atoms with E-state index in [-0.39, 0.29) is 0 Å². The quantitative estimate of drug-likeness (QED) is 0.627. The summed E-state index contributed by atoms with van der Waals surface area (Å²) in [4.78, 5) is 19.8. The van der Waals surface area contributed by atoms with Crippen LogP contribution in [0.3, 0.4) is 0 Å². The van der Waals surface area contributed by atoms with Crippen molar-refractivity contribution in [1.82, 2.24) is 5.32 Å². The molecule has 4 heteroatoms. The number of carboxylic acids is 1. The molecule has 0 heterocycles. The van der Waals surface area contributed by atoms with Crippen LogP contribution < -0.4 is 5.32 Å². The number of rotatable bonds is 4. The van der Waals surface area contributed by atoms with Gasteiger partial charge in [0.2, 0.25) is 6.41 Å². The van der Waals surface area contributed by atoms with E-state index < -0.39 is 12.0 Å². The van der Waals surface area contributed by atoms with Crippen LogP contribution in [0.5, 0.6) is 0 Å². The molecular formula is C8H17NO3. The summed E-state index contributed by atoms with van der Waals surface area (Å²) in [5, 5.41) is 10.4. The third-order valence-corrected chi connectivity index (χ3v) is 0.976. The normalized spacial score (nSPS) is 10.6. The summed E-state index contributed by atoms with van der Waals surface area (Å²) in [7, 11) is 0. The Morgan fingerprint density at radius 2 is 1.92 bits per heavy atom. The lowest BCUT2D eigenvalue weighted by molar-refractivity contribution is -0.140. The molecule has 2 N–H and O–H groups in total. The van der Waals surface area contributed by atoms with Crippen molar-refractivity contribution < 1.29 is 14.7 Å². The molecule has 0 aliphatic carbocycles. The highest BCUT2D eigenvalue weighted by atomic mass is 16.4. The number of hydrogen-bond acceptors (Lipinski definition) is 2. The first kappa shape index (κ1) is 13.5. The molecule has 0 radical (unpaired) electrons. The second-order valence-electron chi connectivity index (χ2n) is 2.29. The van der Waals surface area contributed by atoms with Gasteiger partial charge in [-0.25, -0.2) is 4.79 Å². The average Bonchev–Trinajstić information content (AvgIpc) is 2.01. The number of carbonyl (C=O) groups is 2. The maximum atomic E-state index is 10.1. The van der Waals surface area contributed by atoms with Gasteiger partial charge in [-0.2, -0.15) is 0 Å². The van der Waals surface area contributed by atoms with E-state index in [9.17, 15) is 9.59 Å². The zero-order chi connectivity index (χ0) is 9.98. The van der Waals surface area contributed by atoms with E-state index in [0.717, 1.165) is 0 Å². The minimum atomic E-state index is -0.996. The molecule has 4 nitrogen and oxygen atoms in total. The number of hydrogen-bond donors (Lipinski definition) is 2. The van der Waals surface area contributed by atoms with Crippen LogP contribution >= 0.6 is 0 Å². The predicted molar refractivity (Wildman–Crippen MR) is 46.9 cm³/mol. The monoisotopic (exact) mass is 175 g/mol. The van der Waals surface area contributed by atoms with Crippen LogP contribution in [0, 0.1) is 0 Å². The number of carbonyl (C=O) groups excluding carboxylic acids is 1. The standard InChI is InChI=1S/C5H9NO3.C3H8/c1-2-4(5(8)9)6-3-7;1-3-2/h3-4H,2H2,1H3,(H,6,7)(H,8,9);3H2,1-2H3. The summed E-state index contributed by atoms with van der Waals surface area (Å²) in [5.41, 5.74) is 0. The largest absolute Gasteiger partial charge is 0.480 e. The van der Waals surface area contributed by atoms with E-state index in [4.69, 9.17) is 5.11 Å². The third-order valence-electron chi connectivity index (χ3n) is 0.976. The van der Waals surface area contributed by atoms with Gasteiger partial charge >= 0.3 is 5.97 Å². The molecule has 0 aromatic carbocycles. The molecule has 0 bridgehead atoms. The number of aliphatic carboxylic acids is 1. The first-order valence-corrected chi connectivity index (χ1v) is 4.06. The predicted octanol–water partition coefficient (Wildman–Crippen LogP) is 1.01. The molecule has 0 rings (SSSR count). The average molecular weight is 175 g/mol. The zero-order valence-corrected chi connectivity index (χ0v) is 7.83. The lowest BCUT2D eigenvalue weighted by Crippen LogP contribution is -2.34. The molecule has 0 aromatic rings. The van der Waals surface area contributed by atoms with E-state index in [1.165, 1.54) is 6.42 Å². The maximum Gasteiger partial charge on any atom is 0.326 e. The Morgan fingerprint density at radius 3 is 2.00 bits per heavy atom. The molecule has 0 spiro atoms. The van der Waals surface area contributed by atoms with Crippen LogP contribution in [0.1, 0.15) is 33.6 Å². The molecule has 0 saturated heterocycles. The van der Waals surface area contributed by atoms with E-state index >= 15 is 0 Å². The van der Waals surface area contributed by atoms with Crippen molar-refractivity contribution in [2.45, 2.75) is 39.7 Å². The maximum absolute atomic E-state index is 10.1. The SMILES string of the molecule is CCC.CCC(NC=O)C(=O)O. The van der Waals surface area contributed by atoms with E-state index in [1.54, 1.807) is 6.92 Å². The van der Waals surface area contributed by atoms with Gasteiger partial charge in [-0.15, -0.1) is 0 Å². The minimum Gasteiger partial charge on any atom is -0.480 e. The smallest absolute Gasteiger partial charge is 0.326 e. The molecule has 1 unspecified atom stereocenters. The third kappa shape index (κ3) is 8.94. The second kappa shape index (κ2) is 9.94. The Morgan fingerprint density at radius 1 is 1.50 bits per heavy atom. The molecular weight excluding hydrogens is 158 g/mol. The Bertz CT molecular complexity index is 125. The Balaban J connectivity index is 0. The van der Waals surface area contributed by atoms with Crippen LogP contribution in [-0.4, -0.2) is 23.5 Å². The van der Waals surface area contributed by atoms with E-state index in [2.05, 4.69) is 19.2 Å². The summed E-state index contributed by atoms with van der Waals surface area (Å²) in [6, 6.07) is -0.734. The Kier molecular flexibility index (Phi) is 11.2. The van der Waals surface area contributed by atoms with Gasteiger partial charge in [-0.05, 0) is 6.42 Å². The Labute approximate surface area is 73.0 Å². The second-order valence-corrected chi connectivity index (χ2v) is 2.29. The highest BCUT2D eigenvalue weighted by Gasteiger charge is 2.11. The lowest BCUT2D eigenvalue weighted by atomic mass is 10.2. The number of carboxylic acid groups (broad SMARTS) is 1. The molecule has 0 aliphatic rings. The summed E-state index contributed by atoms with van der Waals surface area (Å²) in [6.45, 7) is 5.94. The van der Waals surface area contributed by atoms with Gasteiger partial charge < -0.3 is 10.4 Å². The van der Waals surface area contributed by atoms with Gasteiger partial charge in [0.1, 0.15) is 6.04 Å². The van der Waals surface area contributed by atoms with Gasteiger partial charge in [0, 0.05) is 0 Å². The molecule has 1 amide bonds. The fourth-order valence-electron chi connectivity index (χ4n) is 0.446. The minimum absolute atomic E-state index is 0.391. The van der Waals surface area contributed by atoms with Gasteiger partial charge in [0.05, 0.1) is 0 Å². The van der Waals surface area contributed by atoms with Gasteiger partial charge in [0.25, 0.3) is 0 Å². The van der Waals surface area contributed by atoms with Crippen molar-refractivity contribution >= 4 is 12.4 Å². The highest BCUT2D eigenvalue weighted by Crippen LogP contribution is 1.87. The van der Waals surface area contributed by atoms with Crippen molar-refractivity contribution in [3.63, 3.8) is 0 Å². The first-order valence-electron chi connectivity index (χ1n) is 4.06. The molecule has 0 aliphatic heterocycles. The molecule has 0 saturated carbocycles.